The van der Waals surface area contributed by atoms with Gasteiger partial charge in [-0.15, -0.1) is 11.3 Å². The SMILES string of the molecule is Cc1ccc(C(=O)CCC(=O)OCC(N)=O)s1. The summed E-state index contributed by atoms with van der Waals surface area (Å²) in [5.41, 5.74) is 4.81. The van der Waals surface area contributed by atoms with Crippen molar-refractivity contribution in [1.29, 1.82) is 0 Å². The number of amides is 1. The van der Waals surface area contributed by atoms with Crippen molar-refractivity contribution in [3.63, 3.8) is 0 Å². The van der Waals surface area contributed by atoms with Gasteiger partial charge in [0.1, 0.15) is 0 Å². The number of aryl methyl sites for hydroxylation is 1. The number of primary amides is 1. The number of ether oxygens (including phenoxy) is 1. The Morgan fingerprint density at radius 1 is 1.29 bits per heavy atom. The highest BCUT2D eigenvalue weighted by atomic mass is 32.1. The van der Waals surface area contributed by atoms with E-state index in [1.807, 2.05) is 13.0 Å². The molecule has 0 saturated carbocycles. The van der Waals surface area contributed by atoms with Gasteiger partial charge in [-0.3, -0.25) is 14.4 Å². The molecule has 1 amide bonds. The van der Waals surface area contributed by atoms with Crippen LogP contribution in [0, 0.1) is 6.92 Å². The van der Waals surface area contributed by atoms with Crippen LogP contribution < -0.4 is 5.73 Å². The van der Waals surface area contributed by atoms with Crippen LogP contribution in [0.5, 0.6) is 0 Å². The lowest BCUT2D eigenvalue weighted by atomic mass is 10.2. The van der Waals surface area contributed by atoms with Crippen LogP contribution in [0.2, 0.25) is 0 Å². The van der Waals surface area contributed by atoms with Gasteiger partial charge in [-0.1, -0.05) is 0 Å². The minimum Gasteiger partial charge on any atom is -0.456 e. The summed E-state index contributed by atoms with van der Waals surface area (Å²) in [4.78, 5) is 34.7. The molecule has 0 aliphatic carbocycles. The molecule has 17 heavy (non-hydrogen) atoms. The Bertz CT molecular complexity index is 438. The zero-order valence-corrected chi connectivity index (χ0v) is 10.2. The van der Waals surface area contributed by atoms with Gasteiger partial charge >= 0.3 is 5.97 Å². The zero-order valence-electron chi connectivity index (χ0n) is 9.39. The summed E-state index contributed by atoms with van der Waals surface area (Å²) in [7, 11) is 0. The lowest BCUT2D eigenvalue weighted by Crippen LogP contribution is -2.21. The van der Waals surface area contributed by atoms with Crippen LogP contribution in [-0.2, 0) is 14.3 Å². The summed E-state index contributed by atoms with van der Waals surface area (Å²) in [5, 5.41) is 0. The van der Waals surface area contributed by atoms with Crippen molar-refractivity contribution in [1.82, 2.24) is 0 Å². The minimum atomic E-state index is -0.710. The Kier molecular flexibility index (Phi) is 4.84. The molecule has 0 saturated heterocycles. The summed E-state index contributed by atoms with van der Waals surface area (Å²) < 4.78 is 4.53. The molecular weight excluding hydrogens is 242 g/mol. The van der Waals surface area contributed by atoms with E-state index >= 15 is 0 Å². The minimum absolute atomic E-state index is 0.0386. The molecule has 0 spiro atoms. The molecule has 1 aromatic rings. The first-order valence-electron chi connectivity index (χ1n) is 5.02. The van der Waals surface area contributed by atoms with Gasteiger partial charge in [-0.2, -0.15) is 0 Å². The van der Waals surface area contributed by atoms with E-state index in [1.54, 1.807) is 6.07 Å². The maximum Gasteiger partial charge on any atom is 0.306 e. The molecular formula is C11H13NO4S. The van der Waals surface area contributed by atoms with Gasteiger partial charge in [0, 0.05) is 11.3 Å². The van der Waals surface area contributed by atoms with Gasteiger partial charge in [-0.25, -0.2) is 0 Å². The quantitative estimate of drug-likeness (QED) is 0.608. The molecule has 5 nitrogen and oxygen atoms in total. The van der Waals surface area contributed by atoms with Crippen LogP contribution >= 0.6 is 11.3 Å². The maximum absolute atomic E-state index is 11.6. The summed E-state index contributed by atoms with van der Waals surface area (Å²) in [5.74, 6) is -1.40. The zero-order chi connectivity index (χ0) is 12.8. The van der Waals surface area contributed by atoms with Gasteiger partial charge in [0.2, 0.25) is 0 Å². The molecule has 0 aliphatic heterocycles. The lowest BCUT2D eigenvalue weighted by molar-refractivity contribution is -0.147. The van der Waals surface area contributed by atoms with E-state index in [-0.39, 0.29) is 18.6 Å². The predicted molar refractivity (Wildman–Crippen MR) is 62.8 cm³/mol. The highest BCUT2D eigenvalue weighted by Crippen LogP contribution is 2.17. The highest BCUT2D eigenvalue weighted by Gasteiger charge is 2.12. The van der Waals surface area contributed by atoms with Gasteiger partial charge < -0.3 is 10.5 Å². The molecule has 0 bridgehead atoms. The van der Waals surface area contributed by atoms with E-state index in [0.29, 0.717) is 4.88 Å². The fourth-order valence-electron chi connectivity index (χ4n) is 1.15. The first-order chi connectivity index (χ1) is 7.99. The monoisotopic (exact) mass is 255 g/mol. The lowest BCUT2D eigenvalue weighted by Gasteiger charge is -2.01. The standard InChI is InChI=1S/C11H13NO4S/c1-7-2-4-9(17-7)8(13)3-5-11(15)16-6-10(12)14/h2,4H,3,5-6H2,1H3,(H2,12,14). The van der Waals surface area contributed by atoms with Gasteiger partial charge in [0.15, 0.2) is 12.4 Å². The van der Waals surface area contributed by atoms with Crippen molar-refractivity contribution < 1.29 is 19.1 Å². The number of hydrogen-bond donors (Lipinski definition) is 1. The molecule has 0 radical (unpaired) electrons. The molecule has 1 heterocycles. The molecule has 1 rings (SSSR count). The Morgan fingerprint density at radius 3 is 2.53 bits per heavy atom. The number of carbonyl (C=O) groups excluding carboxylic acids is 3. The number of hydrogen-bond acceptors (Lipinski definition) is 5. The number of esters is 1. The van der Waals surface area contributed by atoms with Crippen LogP contribution in [0.3, 0.4) is 0 Å². The largest absolute Gasteiger partial charge is 0.456 e. The third-order valence-electron chi connectivity index (χ3n) is 1.95. The summed E-state index contributed by atoms with van der Waals surface area (Å²) >= 11 is 1.39. The predicted octanol–water partition coefficient (Wildman–Crippen LogP) is 1.05. The average Bonchev–Trinajstić information content (AvgIpc) is 2.70. The van der Waals surface area contributed by atoms with E-state index < -0.39 is 18.5 Å². The van der Waals surface area contributed by atoms with Crippen molar-refractivity contribution in [2.24, 2.45) is 5.73 Å². The van der Waals surface area contributed by atoms with Gasteiger partial charge in [0.05, 0.1) is 11.3 Å². The topological polar surface area (TPSA) is 86.5 Å². The van der Waals surface area contributed by atoms with Crippen molar-refractivity contribution in [2.75, 3.05) is 6.61 Å². The first kappa shape index (κ1) is 13.4. The Balaban J connectivity index is 2.33. The summed E-state index contributed by atoms with van der Waals surface area (Å²) in [6.07, 6.45) is 0.0423. The van der Waals surface area contributed by atoms with E-state index in [0.717, 1.165) is 4.88 Å². The second-order valence-electron chi connectivity index (χ2n) is 3.46. The molecule has 0 aliphatic rings. The van der Waals surface area contributed by atoms with Crippen LogP contribution in [-0.4, -0.2) is 24.3 Å². The molecule has 92 valence electrons. The van der Waals surface area contributed by atoms with E-state index in [2.05, 4.69) is 4.74 Å². The Labute approximate surface area is 103 Å². The molecule has 2 N–H and O–H groups in total. The van der Waals surface area contributed by atoms with E-state index in [1.165, 1.54) is 11.3 Å². The fraction of sp³-hybridized carbons (Fsp3) is 0.364. The second kappa shape index (κ2) is 6.15. The number of rotatable bonds is 6. The Hall–Kier alpha value is -1.69. The van der Waals surface area contributed by atoms with Crippen molar-refractivity contribution >= 4 is 29.0 Å². The fourth-order valence-corrected chi connectivity index (χ4v) is 1.98. The van der Waals surface area contributed by atoms with E-state index in [4.69, 9.17) is 5.73 Å². The smallest absolute Gasteiger partial charge is 0.306 e. The molecule has 6 heteroatoms. The maximum atomic E-state index is 11.6. The van der Waals surface area contributed by atoms with Crippen molar-refractivity contribution in [3.8, 4) is 0 Å². The summed E-state index contributed by atoms with van der Waals surface area (Å²) in [6.45, 7) is 1.47. The number of carbonyl (C=O) groups is 3. The van der Waals surface area contributed by atoms with Gasteiger partial charge in [-0.05, 0) is 19.1 Å². The van der Waals surface area contributed by atoms with Crippen LogP contribution in [0.15, 0.2) is 12.1 Å². The third-order valence-corrected chi connectivity index (χ3v) is 2.99. The Morgan fingerprint density at radius 2 is 2.00 bits per heavy atom. The van der Waals surface area contributed by atoms with Crippen molar-refractivity contribution in [3.05, 3.63) is 21.9 Å². The molecule has 0 unspecified atom stereocenters. The molecule has 1 aromatic heterocycles. The highest BCUT2D eigenvalue weighted by molar-refractivity contribution is 7.14. The van der Waals surface area contributed by atoms with Crippen LogP contribution in [0.25, 0.3) is 0 Å². The molecule has 0 atom stereocenters. The van der Waals surface area contributed by atoms with Crippen LogP contribution in [0.4, 0.5) is 0 Å². The van der Waals surface area contributed by atoms with Crippen LogP contribution in [0.1, 0.15) is 27.4 Å². The van der Waals surface area contributed by atoms with E-state index in [9.17, 15) is 14.4 Å². The molecule has 0 aromatic carbocycles. The number of ketones is 1. The summed E-state index contributed by atoms with van der Waals surface area (Å²) in [6, 6.07) is 3.58. The number of Topliss-reactive ketones (excluding diaryl/α,β-unsaturated/α-hetero) is 1. The third kappa shape index (κ3) is 4.78. The van der Waals surface area contributed by atoms with Crippen molar-refractivity contribution in [2.45, 2.75) is 19.8 Å². The number of thiophene rings is 1. The number of nitrogens with two attached hydrogens (primary N) is 1. The first-order valence-corrected chi connectivity index (χ1v) is 5.84. The second-order valence-corrected chi connectivity index (χ2v) is 4.75. The van der Waals surface area contributed by atoms with Gasteiger partial charge in [0.25, 0.3) is 5.91 Å². The average molecular weight is 255 g/mol. The normalized spacial score (nSPS) is 9.94. The molecule has 0 fully saturated rings.